The van der Waals surface area contributed by atoms with Gasteiger partial charge in [0.1, 0.15) is 18.1 Å². The van der Waals surface area contributed by atoms with Crippen LogP contribution in [-0.4, -0.2) is 29.3 Å². The zero-order chi connectivity index (χ0) is 18.7. The third-order valence-electron chi connectivity index (χ3n) is 3.62. The Morgan fingerprint density at radius 3 is 2.58 bits per heavy atom. The first-order valence-electron chi connectivity index (χ1n) is 7.59. The number of carbonyl (C=O) groups excluding carboxylic acids is 3. The molecule has 0 bridgehead atoms. The maximum absolute atomic E-state index is 13.6. The molecule has 1 aliphatic rings. The summed E-state index contributed by atoms with van der Waals surface area (Å²) in [5.74, 6) is -1.88. The molecule has 4 amide bonds. The van der Waals surface area contributed by atoms with Crippen LogP contribution in [0.1, 0.15) is 5.56 Å². The van der Waals surface area contributed by atoms with Gasteiger partial charge in [0.2, 0.25) is 5.91 Å². The average molecular weight is 465 g/mol. The molecule has 0 spiro atoms. The van der Waals surface area contributed by atoms with Crippen molar-refractivity contribution in [2.45, 2.75) is 0 Å². The maximum atomic E-state index is 13.6. The van der Waals surface area contributed by atoms with Crippen LogP contribution >= 0.6 is 22.6 Å². The van der Waals surface area contributed by atoms with Gasteiger partial charge in [0.05, 0.1) is 5.69 Å². The Labute approximate surface area is 162 Å². The van der Waals surface area contributed by atoms with Crippen molar-refractivity contribution in [3.8, 4) is 0 Å². The molecule has 0 atom stereocenters. The van der Waals surface area contributed by atoms with Crippen molar-refractivity contribution in [2.24, 2.45) is 0 Å². The van der Waals surface area contributed by atoms with Crippen LogP contribution in [0.15, 0.2) is 54.2 Å². The number of halogens is 2. The Balaban J connectivity index is 1.72. The minimum absolute atomic E-state index is 0.0147. The highest BCUT2D eigenvalue weighted by molar-refractivity contribution is 14.1. The van der Waals surface area contributed by atoms with Crippen LogP contribution in [0.4, 0.5) is 14.9 Å². The Kier molecular flexibility index (Phi) is 5.31. The highest BCUT2D eigenvalue weighted by atomic mass is 127. The first-order valence-corrected chi connectivity index (χ1v) is 8.67. The lowest BCUT2D eigenvalue weighted by Crippen LogP contribution is -2.38. The molecule has 1 saturated heterocycles. The molecular formula is C18H13FIN3O3. The Bertz CT molecular complexity index is 929. The maximum Gasteiger partial charge on any atom is 0.329 e. The number of imide groups is 1. The van der Waals surface area contributed by atoms with Crippen LogP contribution < -0.4 is 10.6 Å². The fraction of sp³-hybridized carbons (Fsp3) is 0.0556. The summed E-state index contributed by atoms with van der Waals surface area (Å²) in [6, 6.07) is 12.3. The lowest BCUT2D eigenvalue weighted by atomic mass is 10.2. The molecular weight excluding hydrogens is 452 g/mol. The molecule has 1 heterocycles. The quantitative estimate of drug-likeness (QED) is 0.414. The van der Waals surface area contributed by atoms with Gasteiger partial charge in [0.25, 0.3) is 5.91 Å². The smallest absolute Gasteiger partial charge is 0.322 e. The van der Waals surface area contributed by atoms with Gasteiger partial charge < -0.3 is 10.6 Å². The van der Waals surface area contributed by atoms with Crippen LogP contribution in [-0.2, 0) is 9.59 Å². The van der Waals surface area contributed by atoms with Gasteiger partial charge in [-0.25, -0.2) is 14.1 Å². The lowest BCUT2D eigenvalue weighted by molar-refractivity contribution is -0.127. The van der Waals surface area contributed by atoms with E-state index in [4.69, 9.17) is 0 Å². The molecule has 132 valence electrons. The molecule has 1 aliphatic heterocycles. The van der Waals surface area contributed by atoms with Gasteiger partial charge in [0.15, 0.2) is 0 Å². The minimum atomic E-state index is -0.698. The summed E-state index contributed by atoms with van der Waals surface area (Å²) in [4.78, 5) is 37.3. The summed E-state index contributed by atoms with van der Waals surface area (Å²) in [5.41, 5.74) is 0.839. The fourth-order valence-electron chi connectivity index (χ4n) is 2.36. The number of hydrogen-bond acceptors (Lipinski definition) is 3. The van der Waals surface area contributed by atoms with Crippen molar-refractivity contribution in [3.05, 3.63) is 69.2 Å². The molecule has 0 saturated carbocycles. The van der Waals surface area contributed by atoms with Crippen molar-refractivity contribution in [2.75, 3.05) is 11.9 Å². The molecule has 3 rings (SSSR count). The van der Waals surface area contributed by atoms with E-state index in [1.807, 2.05) is 24.3 Å². The number of benzene rings is 2. The summed E-state index contributed by atoms with van der Waals surface area (Å²) in [7, 11) is 0. The second-order valence-corrected chi connectivity index (χ2v) is 6.59. The molecule has 1 fully saturated rings. The summed E-state index contributed by atoms with van der Waals surface area (Å²) >= 11 is 2.12. The standard InChI is InChI=1S/C18H13FIN3O3/c19-12-6-2-4-8-14(12)21-16(24)10-23-17(25)15(22-18(23)26)9-11-5-1-3-7-13(11)20/h1-9H,10H2,(H,21,24)(H,22,26)/b15-9-. The SMILES string of the molecule is O=C(CN1C(=O)N/C(=C\c2ccccc2I)C1=O)Nc1ccccc1F. The van der Waals surface area contributed by atoms with Crippen LogP contribution in [0.2, 0.25) is 0 Å². The molecule has 2 aromatic rings. The van der Waals surface area contributed by atoms with E-state index in [1.54, 1.807) is 12.1 Å². The number of amides is 4. The van der Waals surface area contributed by atoms with Crippen molar-refractivity contribution >= 4 is 52.2 Å². The van der Waals surface area contributed by atoms with Crippen LogP contribution in [0, 0.1) is 9.39 Å². The van der Waals surface area contributed by atoms with E-state index in [9.17, 15) is 18.8 Å². The van der Waals surface area contributed by atoms with E-state index in [-0.39, 0.29) is 11.4 Å². The zero-order valence-electron chi connectivity index (χ0n) is 13.3. The number of carbonyl (C=O) groups is 3. The molecule has 2 N–H and O–H groups in total. The molecule has 0 aromatic heterocycles. The van der Waals surface area contributed by atoms with Gasteiger partial charge in [-0.3, -0.25) is 9.59 Å². The first-order chi connectivity index (χ1) is 12.5. The topological polar surface area (TPSA) is 78.5 Å². The van der Waals surface area contributed by atoms with Gasteiger partial charge >= 0.3 is 6.03 Å². The van der Waals surface area contributed by atoms with E-state index in [2.05, 4.69) is 33.2 Å². The molecule has 8 heteroatoms. The predicted molar refractivity (Wildman–Crippen MR) is 102 cm³/mol. The van der Waals surface area contributed by atoms with Crippen LogP contribution in [0.25, 0.3) is 6.08 Å². The van der Waals surface area contributed by atoms with E-state index in [1.165, 1.54) is 18.2 Å². The number of hydrogen-bond donors (Lipinski definition) is 2. The highest BCUT2D eigenvalue weighted by Crippen LogP contribution is 2.18. The van der Waals surface area contributed by atoms with Crippen molar-refractivity contribution in [1.29, 1.82) is 0 Å². The van der Waals surface area contributed by atoms with Gasteiger partial charge in [-0.2, -0.15) is 0 Å². The molecule has 6 nitrogen and oxygen atoms in total. The number of nitrogens with zero attached hydrogens (tertiary/aromatic N) is 1. The third-order valence-corrected chi connectivity index (χ3v) is 4.60. The summed E-state index contributed by atoms with van der Waals surface area (Å²) in [6.45, 7) is -0.512. The number of anilines is 1. The van der Waals surface area contributed by atoms with Crippen molar-refractivity contribution in [1.82, 2.24) is 10.2 Å². The van der Waals surface area contributed by atoms with Gasteiger partial charge in [0, 0.05) is 3.57 Å². The second-order valence-electron chi connectivity index (χ2n) is 5.43. The number of nitrogens with one attached hydrogen (secondary N) is 2. The molecule has 0 aliphatic carbocycles. The Morgan fingerprint density at radius 2 is 1.85 bits per heavy atom. The van der Waals surface area contributed by atoms with E-state index >= 15 is 0 Å². The fourth-order valence-corrected chi connectivity index (χ4v) is 2.90. The Hall–Kier alpha value is -2.75. The number of rotatable bonds is 4. The highest BCUT2D eigenvalue weighted by Gasteiger charge is 2.35. The van der Waals surface area contributed by atoms with Gasteiger partial charge in [-0.05, 0) is 52.4 Å². The van der Waals surface area contributed by atoms with Gasteiger partial charge in [-0.1, -0.05) is 30.3 Å². The lowest BCUT2D eigenvalue weighted by Gasteiger charge is -2.12. The average Bonchev–Trinajstić information content (AvgIpc) is 2.86. The number of urea groups is 1. The molecule has 2 aromatic carbocycles. The van der Waals surface area contributed by atoms with Crippen molar-refractivity contribution in [3.63, 3.8) is 0 Å². The van der Waals surface area contributed by atoms with E-state index in [0.717, 1.165) is 14.0 Å². The minimum Gasteiger partial charge on any atom is -0.322 e. The second kappa shape index (κ2) is 7.65. The first kappa shape index (κ1) is 18.1. The zero-order valence-corrected chi connectivity index (χ0v) is 15.5. The predicted octanol–water partition coefficient (Wildman–Crippen LogP) is 2.96. The van der Waals surface area contributed by atoms with E-state index in [0.29, 0.717) is 0 Å². The largest absolute Gasteiger partial charge is 0.329 e. The summed E-state index contributed by atoms with van der Waals surface area (Å²) < 4.78 is 14.5. The summed E-state index contributed by atoms with van der Waals surface area (Å²) in [6.07, 6.45) is 1.55. The van der Waals surface area contributed by atoms with Crippen LogP contribution in [0.3, 0.4) is 0 Å². The normalized spacial score (nSPS) is 15.3. The number of para-hydroxylation sites is 1. The Morgan fingerprint density at radius 1 is 1.15 bits per heavy atom. The van der Waals surface area contributed by atoms with Crippen molar-refractivity contribution < 1.29 is 18.8 Å². The molecule has 26 heavy (non-hydrogen) atoms. The van der Waals surface area contributed by atoms with E-state index < -0.39 is 30.2 Å². The van der Waals surface area contributed by atoms with Crippen LogP contribution in [0.5, 0.6) is 0 Å². The third kappa shape index (κ3) is 3.90. The molecule has 0 unspecified atom stereocenters. The molecule has 0 radical (unpaired) electrons. The monoisotopic (exact) mass is 465 g/mol. The summed E-state index contributed by atoms with van der Waals surface area (Å²) in [5, 5.41) is 4.79. The van der Waals surface area contributed by atoms with Gasteiger partial charge in [-0.15, -0.1) is 0 Å².